The van der Waals surface area contributed by atoms with Crippen molar-refractivity contribution in [2.75, 3.05) is 37.8 Å². The third-order valence-corrected chi connectivity index (χ3v) is 10.9. The second-order valence-corrected chi connectivity index (χ2v) is 17.6. The van der Waals surface area contributed by atoms with Gasteiger partial charge in [0.25, 0.3) is 0 Å². The Morgan fingerprint density at radius 1 is 1.04 bits per heavy atom. The summed E-state index contributed by atoms with van der Waals surface area (Å²) in [5.74, 6) is -0.943. The summed E-state index contributed by atoms with van der Waals surface area (Å²) in [6, 6.07) is 0. The topological polar surface area (TPSA) is 407 Å². The van der Waals surface area contributed by atoms with Gasteiger partial charge in [-0.15, -0.1) is 0 Å². The molecule has 2 amide bonds. The van der Waals surface area contributed by atoms with Crippen LogP contribution in [-0.2, 0) is 45.9 Å². The molecule has 1 saturated heterocycles. The van der Waals surface area contributed by atoms with Gasteiger partial charge in [-0.3, -0.25) is 27.7 Å². The van der Waals surface area contributed by atoms with Crippen LogP contribution in [0.15, 0.2) is 12.7 Å². The van der Waals surface area contributed by atoms with Crippen molar-refractivity contribution in [3.63, 3.8) is 0 Å². The van der Waals surface area contributed by atoms with Crippen LogP contribution in [0.2, 0.25) is 0 Å². The molecule has 1 aliphatic heterocycles. The average Bonchev–Trinajstić information content (AvgIpc) is 3.65. The standard InChI is InChI=1S/C21H36N7O16P3S.C6H14O3/c1-21(2,16(31)19(32)24-4-3-12(29)23-5-6-48)8-41-47(38,39)44-46(36,37)40-7-11-15(43-45(33,34)35)14(30)20(42-11)28-10-27-13-17(22)25-9-26-18(13)28;1-2-3-5(7)4-6(8)9/h9-11,14-16,20,30-31,48H,3-8H2,1-2H3,(H,23,29)(H,24,32)(H,36,37)(H,38,39)(H2,22,25,26)(H2,33,34,35);5-9H,2-4H2,1H3/t11-,14-,15-,16?,20-;/m1./s1. The number of nitrogen functional groups attached to an aromatic ring is 1. The number of amides is 2. The highest BCUT2D eigenvalue weighted by Gasteiger charge is 2.50. The molecule has 8 atom stereocenters. The molecular weight excluding hydrogens is 851 g/mol. The molecule has 328 valence electrons. The molecule has 26 nitrogen and oxygen atoms in total. The first-order valence-corrected chi connectivity index (χ1v) is 22.0. The van der Waals surface area contributed by atoms with Gasteiger partial charge in [-0.25, -0.2) is 28.6 Å². The number of aliphatic hydroxyl groups is 5. The molecule has 0 saturated carbocycles. The predicted octanol–water partition coefficient (Wildman–Crippen LogP) is -1.82. The number of imidazole rings is 1. The highest BCUT2D eigenvalue weighted by molar-refractivity contribution is 7.80. The van der Waals surface area contributed by atoms with Gasteiger partial charge in [0.1, 0.15) is 36.3 Å². The molecule has 0 aromatic carbocycles. The molecule has 1 fully saturated rings. The number of carbonyl (C=O) groups is 2. The summed E-state index contributed by atoms with van der Waals surface area (Å²) >= 11 is 3.95. The Bertz CT molecular complexity index is 1750. The Balaban J connectivity index is 0.00000111. The maximum absolute atomic E-state index is 12.6. The number of hydrogen-bond donors (Lipinski definition) is 13. The number of phosphoric acid groups is 3. The van der Waals surface area contributed by atoms with E-state index < -0.39 is 91.0 Å². The maximum Gasteiger partial charge on any atom is 0.481 e. The highest BCUT2D eigenvalue weighted by atomic mass is 32.1. The van der Waals surface area contributed by atoms with Gasteiger partial charge in [-0.2, -0.15) is 16.9 Å². The summed E-state index contributed by atoms with van der Waals surface area (Å²) in [6.07, 6.45) is -7.10. The molecular formula is C27H50N7O19P3S. The number of nitrogens with two attached hydrogens (primary N) is 1. The third kappa shape index (κ3) is 17.1. The zero-order valence-corrected chi connectivity index (χ0v) is 34.4. The van der Waals surface area contributed by atoms with E-state index in [-0.39, 0.29) is 42.3 Å². The fraction of sp³-hybridized carbons (Fsp3) is 0.741. The molecule has 0 radical (unpaired) electrons. The molecule has 57 heavy (non-hydrogen) atoms. The van der Waals surface area contributed by atoms with E-state index in [4.69, 9.17) is 34.8 Å². The lowest BCUT2D eigenvalue weighted by Crippen LogP contribution is -2.46. The molecule has 13 N–H and O–H groups in total. The minimum absolute atomic E-state index is 0.0363. The van der Waals surface area contributed by atoms with Crippen LogP contribution in [0.25, 0.3) is 11.2 Å². The summed E-state index contributed by atoms with van der Waals surface area (Å²) in [6.45, 7) is 2.66. The quantitative estimate of drug-likeness (QED) is 0.0351. The van der Waals surface area contributed by atoms with Crippen LogP contribution in [0.5, 0.6) is 0 Å². The van der Waals surface area contributed by atoms with E-state index in [0.717, 1.165) is 23.6 Å². The highest BCUT2D eigenvalue weighted by Crippen LogP contribution is 2.61. The first-order valence-electron chi connectivity index (χ1n) is 16.9. The largest absolute Gasteiger partial charge is 0.481 e. The van der Waals surface area contributed by atoms with Gasteiger partial charge in [0.15, 0.2) is 24.0 Å². The van der Waals surface area contributed by atoms with Crippen LogP contribution in [0, 0.1) is 5.41 Å². The lowest BCUT2D eigenvalue weighted by atomic mass is 9.87. The second kappa shape index (κ2) is 22.4. The summed E-state index contributed by atoms with van der Waals surface area (Å²) in [7, 11) is -16.3. The molecule has 1 aliphatic rings. The van der Waals surface area contributed by atoms with Crippen LogP contribution < -0.4 is 16.4 Å². The number of rotatable bonds is 22. The lowest BCUT2D eigenvalue weighted by molar-refractivity contribution is -0.137. The zero-order valence-electron chi connectivity index (χ0n) is 30.8. The van der Waals surface area contributed by atoms with Crippen LogP contribution in [-0.4, -0.2) is 145 Å². The predicted molar refractivity (Wildman–Crippen MR) is 197 cm³/mol. The summed E-state index contributed by atoms with van der Waals surface area (Å²) in [5, 5.41) is 51.7. The van der Waals surface area contributed by atoms with E-state index in [2.05, 4.69) is 47.0 Å². The van der Waals surface area contributed by atoms with E-state index in [1.165, 1.54) is 13.8 Å². The first-order chi connectivity index (χ1) is 26.3. The summed E-state index contributed by atoms with van der Waals surface area (Å²) in [4.78, 5) is 74.6. The smallest absolute Gasteiger partial charge is 0.393 e. The van der Waals surface area contributed by atoms with Crippen LogP contribution in [0.4, 0.5) is 5.82 Å². The number of aliphatic hydroxyl groups excluding tert-OH is 4. The molecule has 3 rings (SSSR count). The van der Waals surface area contributed by atoms with Crippen molar-refractivity contribution >= 4 is 64.9 Å². The number of aromatic nitrogens is 4. The van der Waals surface area contributed by atoms with E-state index in [9.17, 15) is 53.1 Å². The number of ether oxygens (including phenoxy) is 1. The summed E-state index contributed by atoms with van der Waals surface area (Å²) < 4.78 is 61.7. The minimum Gasteiger partial charge on any atom is -0.393 e. The van der Waals surface area contributed by atoms with Crippen LogP contribution >= 0.6 is 36.1 Å². The van der Waals surface area contributed by atoms with Crippen molar-refractivity contribution in [3.05, 3.63) is 12.7 Å². The van der Waals surface area contributed by atoms with Gasteiger partial charge in [0.2, 0.25) is 11.8 Å². The van der Waals surface area contributed by atoms with Crippen molar-refractivity contribution in [1.82, 2.24) is 30.2 Å². The number of hydrogen-bond acceptors (Lipinski definition) is 20. The van der Waals surface area contributed by atoms with Gasteiger partial charge in [0, 0.05) is 37.1 Å². The van der Waals surface area contributed by atoms with Crippen molar-refractivity contribution in [1.29, 1.82) is 0 Å². The number of anilines is 1. The SMILES string of the molecule is CC(C)(COP(=O)(O)OP(=O)(O)OC[C@H]1O[C@@H](n2cnc3c(N)ncnc32)[C@H](O)[C@@H]1OP(=O)(O)O)C(O)C(=O)NCCC(=O)NCCS.CCCC(O)CC(O)O. The summed E-state index contributed by atoms with van der Waals surface area (Å²) in [5.41, 5.74) is 4.30. The number of nitrogens with zero attached hydrogens (tertiary/aromatic N) is 4. The number of nitrogens with one attached hydrogen (secondary N) is 2. The third-order valence-electron chi connectivity index (χ3n) is 7.62. The van der Waals surface area contributed by atoms with Gasteiger partial charge >= 0.3 is 23.5 Å². The number of thiol groups is 1. The fourth-order valence-corrected chi connectivity index (χ4v) is 7.77. The van der Waals surface area contributed by atoms with E-state index in [0.29, 0.717) is 18.7 Å². The first kappa shape index (κ1) is 50.9. The van der Waals surface area contributed by atoms with E-state index in [1.807, 2.05) is 6.92 Å². The fourth-order valence-electron chi connectivity index (χ4n) is 4.83. The van der Waals surface area contributed by atoms with Crippen molar-refractivity contribution in [3.8, 4) is 0 Å². The lowest BCUT2D eigenvalue weighted by Gasteiger charge is -2.30. The molecule has 30 heteroatoms. The Hall–Kier alpha value is -2.23. The van der Waals surface area contributed by atoms with Gasteiger partial charge in [-0.1, -0.05) is 27.2 Å². The van der Waals surface area contributed by atoms with E-state index >= 15 is 0 Å². The number of fused-ring (bicyclic) bond motifs is 1. The van der Waals surface area contributed by atoms with Crippen molar-refractivity contribution in [2.24, 2.45) is 5.41 Å². The molecule has 4 unspecified atom stereocenters. The monoisotopic (exact) mass is 901 g/mol. The van der Waals surface area contributed by atoms with Crippen molar-refractivity contribution in [2.45, 2.75) is 89.5 Å². The Morgan fingerprint density at radius 3 is 2.28 bits per heavy atom. The van der Waals surface area contributed by atoms with Gasteiger partial charge < -0.3 is 66.2 Å². The van der Waals surface area contributed by atoms with Gasteiger partial charge in [-0.05, 0) is 6.42 Å². The molecule has 2 aromatic heterocycles. The van der Waals surface area contributed by atoms with Gasteiger partial charge in [0.05, 0.1) is 25.6 Å². The van der Waals surface area contributed by atoms with Crippen LogP contribution in [0.3, 0.4) is 0 Å². The Labute approximate surface area is 331 Å². The zero-order chi connectivity index (χ0) is 43.4. The molecule has 0 bridgehead atoms. The number of carbonyl (C=O) groups excluding carboxylic acids is 2. The average molecular weight is 902 g/mol. The maximum atomic E-state index is 12.6. The minimum atomic E-state index is -5.54. The second-order valence-electron chi connectivity index (χ2n) is 13.0. The molecule has 0 aliphatic carbocycles. The Morgan fingerprint density at radius 2 is 1.68 bits per heavy atom. The van der Waals surface area contributed by atoms with Crippen molar-refractivity contribution < 1.29 is 91.0 Å². The van der Waals surface area contributed by atoms with Crippen LogP contribution in [0.1, 0.15) is 52.7 Å². The Kier molecular flexibility index (Phi) is 20.0. The normalized spacial score (nSPS) is 21.9. The molecule has 2 aromatic rings. The number of phosphoric ester groups is 3. The molecule has 3 heterocycles. The van der Waals surface area contributed by atoms with E-state index in [1.54, 1.807) is 0 Å². The molecule has 0 spiro atoms.